The number of para-hydroxylation sites is 1. The zero-order chi connectivity index (χ0) is 24.2. The molecule has 0 aliphatic rings. The van der Waals surface area contributed by atoms with E-state index < -0.39 is 10.0 Å². The van der Waals surface area contributed by atoms with Gasteiger partial charge in [-0.1, -0.05) is 30.3 Å². The van der Waals surface area contributed by atoms with Crippen LogP contribution in [0.2, 0.25) is 0 Å². The molecule has 0 aromatic heterocycles. The van der Waals surface area contributed by atoms with Gasteiger partial charge in [-0.05, 0) is 92.8 Å². The molecule has 0 spiro atoms. The first-order valence-corrected chi connectivity index (χ1v) is 12.2. The van der Waals surface area contributed by atoms with Crippen molar-refractivity contribution in [1.29, 1.82) is 0 Å². The molecule has 3 rings (SSSR count). The van der Waals surface area contributed by atoms with E-state index in [1.807, 2.05) is 19.9 Å². The van der Waals surface area contributed by atoms with Crippen LogP contribution in [0, 0.1) is 27.7 Å². The van der Waals surface area contributed by atoms with Crippen molar-refractivity contribution in [3.8, 4) is 5.75 Å². The Balaban J connectivity index is 1.62. The molecule has 0 heterocycles. The summed E-state index contributed by atoms with van der Waals surface area (Å²) in [4.78, 5) is 12.6. The summed E-state index contributed by atoms with van der Waals surface area (Å²) in [6, 6.07) is 17.3. The van der Waals surface area contributed by atoms with Crippen LogP contribution in [0.5, 0.6) is 5.75 Å². The fraction of sp³-hybridized carbons (Fsp3) is 0.269. The standard InChI is InChI=1S/C26H30N2O4S/c1-17-13-19(3)24(15-18(17)2)21(5)27-26(29)16-32-25-12-11-23(14-20(25)4)33(30,31)28-22-9-7-6-8-10-22/h6-15,21,28H,16H2,1-5H3,(H,27,29). The van der Waals surface area contributed by atoms with Crippen LogP contribution in [0.25, 0.3) is 0 Å². The fourth-order valence-corrected chi connectivity index (χ4v) is 4.77. The van der Waals surface area contributed by atoms with Crippen LogP contribution in [0.4, 0.5) is 5.69 Å². The van der Waals surface area contributed by atoms with Crippen LogP contribution in [0.3, 0.4) is 0 Å². The zero-order valence-electron chi connectivity index (χ0n) is 19.6. The second-order valence-corrected chi connectivity index (χ2v) is 9.95. The number of anilines is 1. The maximum atomic E-state index is 12.6. The normalized spacial score (nSPS) is 12.2. The Morgan fingerprint density at radius 2 is 1.55 bits per heavy atom. The maximum Gasteiger partial charge on any atom is 0.261 e. The summed E-state index contributed by atoms with van der Waals surface area (Å²) in [6.07, 6.45) is 0. The SMILES string of the molecule is Cc1cc(C)c(C(C)NC(=O)COc2ccc(S(=O)(=O)Nc3ccccc3)cc2C)cc1C. The van der Waals surface area contributed by atoms with Crippen molar-refractivity contribution in [2.75, 3.05) is 11.3 Å². The molecule has 0 bridgehead atoms. The van der Waals surface area contributed by atoms with Crippen molar-refractivity contribution in [1.82, 2.24) is 5.32 Å². The molecular weight excluding hydrogens is 436 g/mol. The van der Waals surface area contributed by atoms with Crippen LogP contribution in [0.15, 0.2) is 65.6 Å². The number of rotatable bonds is 8. The van der Waals surface area contributed by atoms with E-state index in [0.29, 0.717) is 17.0 Å². The molecular formula is C26H30N2O4S. The van der Waals surface area contributed by atoms with Gasteiger partial charge in [0, 0.05) is 5.69 Å². The van der Waals surface area contributed by atoms with Crippen molar-refractivity contribution in [3.05, 3.63) is 88.5 Å². The molecule has 33 heavy (non-hydrogen) atoms. The predicted molar refractivity (Wildman–Crippen MR) is 131 cm³/mol. The Morgan fingerprint density at radius 3 is 2.21 bits per heavy atom. The Labute approximate surface area is 196 Å². The van der Waals surface area contributed by atoms with E-state index in [4.69, 9.17) is 4.74 Å². The molecule has 7 heteroatoms. The molecule has 2 N–H and O–H groups in total. The predicted octanol–water partition coefficient (Wildman–Crippen LogP) is 4.98. The topological polar surface area (TPSA) is 84.5 Å². The molecule has 6 nitrogen and oxygen atoms in total. The first-order chi connectivity index (χ1) is 15.6. The largest absolute Gasteiger partial charge is 0.484 e. The third kappa shape index (κ3) is 6.14. The average molecular weight is 467 g/mol. The highest BCUT2D eigenvalue weighted by molar-refractivity contribution is 7.92. The van der Waals surface area contributed by atoms with E-state index in [-0.39, 0.29) is 23.5 Å². The van der Waals surface area contributed by atoms with Gasteiger partial charge < -0.3 is 10.1 Å². The van der Waals surface area contributed by atoms with Crippen molar-refractivity contribution in [2.24, 2.45) is 0 Å². The number of carbonyl (C=O) groups excluding carboxylic acids is 1. The second kappa shape index (κ2) is 10.1. The van der Waals surface area contributed by atoms with Crippen molar-refractivity contribution < 1.29 is 17.9 Å². The number of amides is 1. The number of sulfonamides is 1. The summed E-state index contributed by atoms with van der Waals surface area (Å²) in [5, 5.41) is 2.97. The molecule has 0 aliphatic heterocycles. The van der Waals surface area contributed by atoms with Gasteiger partial charge in [-0.15, -0.1) is 0 Å². The minimum atomic E-state index is -3.73. The Bertz CT molecular complexity index is 1250. The summed E-state index contributed by atoms with van der Waals surface area (Å²) in [5.74, 6) is 0.209. The van der Waals surface area contributed by atoms with Gasteiger partial charge in [0.05, 0.1) is 10.9 Å². The molecule has 1 atom stereocenters. The van der Waals surface area contributed by atoms with Gasteiger partial charge in [0.2, 0.25) is 0 Å². The summed E-state index contributed by atoms with van der Waals surface area (Å²) in [6.45, 7) is 9.68. The van der Waals surface area contributed by atoms with Gasteiger partial charge in [-0.3, -0.25) is 9.52 Å². The summed E-state index contributed by atoms with van der Waals surface area (Å²) in [5.41, 5.74) is 5.71. The summed E-state index contributed by atoms with van der Waals surface area (Å²) >= 11 is 0. The number of benzene rings is 3. The molecule has 3 aromatic carbocycles. The highest BCUT2D eigenvalue weighted by Gasteiger charge is 2.17. The maximum absolute atomic E-state index is 12.6. The fourth-order valence-electron chi connectivity index (χ4n) is 3.62. The quantitative estimate of drug-likeness (QED) is 0.491. The van der Waals surface area contributed by atoms with E-state index in [2.05, 4.69) is 36.0 Å². The zero-order valence-corrected chi connectivity index (χ0v) is 20.4. The minimum absolute atomic E-state index is 0.125. The Morgan fingerprint density at radius 1 is 0.879 bits per heavy atom. The minimum Gasteiger partial charge on any atom is -0.484 e. The lowest BCUT2D eigenvalue weighted by atomic mass is 9.96. The number of carbonyl (C=O) groups is 1. The van der Waals surface area contributed by atoms with Gasteiger partial charge in [0.25, 0.3) is 15.9 Å². The lowest BCUT2D eigenvalue weighted by Crippen LogP contribution is -2.31. The van der Waals surface area contributed by atoms with Crippen LogP contribution >= 0.6 is 0 Å². The molecule has 0 saturated heterocycles. The molecule has 0 saturated carbocycles. The lowest BCUT2D eigenvalue weighted by molar-refractivity contribution is -0.123. The highest BCUT2D eigenvalue weighted by Crippen LogP contribution is 2.24. The smallest absolute Gasteiger partial charge is 0.261 e. The number of hydrogen-bond acceptors (Lipinski definition) is 4. The molecule has 174 valence electrons. The van der Waals surface area contributed by atoms with Gasteiger partial charge in [-0.25, -0.2) is 8.42 Å². The van der Waals surface area contributed by atoms with Crippen molar-refractivity contribution in [3.63, 3.8) is 0 Å². The van der Waals surface area contributed by atoms with Gasteiger partial charge in [0.1, 0.15) is 5.75 Å². The summed E-state index contributed by atoms with van der Waals surface area (Å²) in [7, 11) is -3.73. The first kappa shape index (κ1) is 24.3. The van der Waals surface area contributed by atoms with Gasteiger partial charge >= 0.3 is 0 Å². The number of aryl methyl sites for hydroxylation is 4. The van der Waals surface area contributed by atoms with Gasteiger partial charge in [-0.2, -0.15) is 0 Å². The molecule has 1 unspecified atom stereocenters. The first-order valence-electron chi connectivity index (χ1n) is 10.8. The summed E-state index contributed by atoms with van der Waals surface area (Å²) < 4.78 is 33.5. The molecule has 3 aromatic rings. The van der Waals surface area contributed by atoms with E-state index in [1.165, 1.54) is 23.3 Å². The highest BCUT2D eigenvalue weighted by atomic mass is 32.2. The molecule has 1 amide bonds. The van der Waals surface area contributed by atoms with Crippen LogP contribution in [-0.2, 0) is 14.8 Å². The Kier molecular flexibility index (Phi) is 7.43. The third-order valence-electron chi connectivity index (χ3n) is 5.57. The molecule has 0 radical (unpaired) electrons. The number of nitrogens with one attached hydrogen (secondary N) is 2. The molecule has 0 aliphatic carbocycles. The van der Waals surface area contributed by atoms with E-state index in [9.17, 15) is 13.2 Å². The second-order valence-electron chi connectivity index (χ2n) is 8.27. The number of hydrogen-bond donors (Lipinski definition) is 2. The Hall–Kier alpha value is -3.32. The lowest BCUT2D eigenvalue weighted by Gasteiger charge is -2.19. The van der Waals surface area contributed by atoms with Crippen molar-refractivity contribution >= 4 is 21.6 Å². The van der Waals surface area contributed by atoms with Crippen LogP contribution < -0.4 is 14.8 Å². The van der Waals surface area contributed by atoms with Gasteiger partial charge in [0.15, 0.2) is 6.61 Å². The van der Waals surface area contributed by atoms with Crippen LogP contribution in [-0.4, -0.2) is 20.9 Å². The van der Waals surface area contributed by atoms with Crippen molar-refractivity contribution in [2.45, 2.75) is 45.6 Å². The number of ether oxygens (including phenoxy) is 1. The van der Waals surface area contributed by atoms with E-state index >= 15 is 0 Å². The molecule has 0 fully saturated rings. The van der Waals surface area contributed by atoms with Crippen LogP contribution in [0.1, 0.15) is 40.8 Å². The van der Waals surface area contributed by atoms with E-state index in [0.717, 1.165) is 11.1 Å². The third-order valence-corrected chi connectivity index (χ3v) is 6.95. The average Bonchev–Trinajstić information content (AvgIpc) is 2.75. The monoisotopic (exact) mass is 466 g/mol. The van der Waals surface area contributed by atoms with E-state index in [1.54, 1.807) is 37.3 Å².